The molecule has 3 aromatic rings. The fourth-order valence-corrected chi connectivity index (χ4v) is 3.56. The van der Waals surface area contributed by atoms with Crippen LogP contribution in [0.3, 0.4) is 0 Å². The lowest BCUT2D eigenvalue weighted by Crippen LogP contribution is -2.13. The van der Waals surface area contributed by atoms with Gasteiger partial charge in [-0.05, 0) is 42.5 Å². The van der Waals surface area contributed by atoms with Crippen LogP contribution < -0.4 is 4.72 Å². The number of sulfonamides is 1. The summed E-state index contributed by atoms with van der Waals surface area (Å²) < 4.78 is 45.2. The van der Waals surface area contributed by atoms with E-state index < -0.39 is 15.8 Å². The van der Waals surface area contributed by atoms with Gasteiger partial charge >= 0.3 is 0 Å². The monoisotopic (exact) mass is 352 g/mol. The highest BCUT2D eigenvalue weighted by molar-refractivity contribution is 7.92. The summed E-state index contributed by atoms with van der Waals surface area (Å²) >= 11 is 5.79. The Kier molecular flexibility index (Phi) is 4.06. The van der Waals surface area contributed by atoms with E-state index >= 15 is 0 Å². The van der Waals surface area contributed by atoms with E-state index in [0.29, 0.717) is 11.4 Å². The lowest BCUT2D eigenvalue weighted by atomic mass is 10.2. The first-order chi connectivity index (χ1) is 11.0. The Morgan fingerprint density at radius 1 is 1.13 bits per heavy atom. The Morgan fingerprint density at radius 2 is 1.87 bits per heavy atom. The Bertz CT molecular complexity index is 926. The number of benzene rings is 2. The Morgan fingerprint density at radius 3 is 2.48 bits per heavy atom. The van der Waals surface area contributed by atoms with E-state index in [4.69, 9.17) is 16.0 Å². The second-order valence-electron chi connectivity index (χ2n) is 4.62. The molecule has 0 bridgehead atoms. The number of aromatic nitrogens is 1. The molecule has 5 nitrogen and oxygen atoms in total. The SMILES string of the molecule is O=S(=O)(Nc1ccc(-c2cnco2)cc1)c1ccc(F)cc1Cl. The van der Waals surface area contributed by atoms with Crippen molar-refractivity contribution in [3.63, 3.8) is 0 Å². The maximum absolute atomic E-state index is 13.0. The van der Waals surface area contributed by atoms with Gasteiger partial charge in [-0.1, -0.05) is 11.6 Å². The molecular weight excluding hydrogens is 343 g/mol. The van der Waals surface area contributed by atoms with Gasteiger partial charge < -0.3 is 4.42 Å². The molecule has 0 unspecified atom stereocenters. The molecule has 0 aliphatic heterocycles. The molecule has 0 spiro atoms. The molecule has 0 atom stereocenters. The third-order valence-corrected chi connectivity index (χ3v) is 4.90. The highest BCUT2D eigenvalue weighted by Crippen LogP contribution is 2.26. The molecule has 118 valence electrons. The zero-order valence-corrected chi connectivity index (χ0v) is 13.1. The van der Waals surface area contributed by atoms with Crippen LogP contribution in [0, 0.1) is 5.82 Å². The number of hydrogen-bond donors (Lipinski definition) is 1. The van der Waals surface area contributed by atoms with Crippen molar-refractivity contribution in [2.45, 2.75) is 4.90 Å². The Labute approximate surface area is 136 Å². The summed E-state index contributed by atoms with van der Waals surface area (Å²) in [7, 11) is -3.91. The molecule has 0 radical (unpaired) electrons. The van der Waals surface area contributed by atoms with Crippen molar-refractivity contribution >= 4 is 27.3 Å². The maximum atomic E-state index is 13.0. The number of anilines is 1. The minimum atomic E-state index is -3.91. The average molecular weight is 353 g/mol. The van der Waals surface area contributed by atoms with E-state index in [1.54, 1.807) is 30.5 Å². The summed E-state index contributed by atoms with van der Waals surface area (Å²) in [5, 5.41) is -0.184. The summed E-state index contributed by atoms with van der Waals surface area (Å²) in [6.45, 7) is 0. The van der Waals surface area contributed by atoms with Crippen LogP contribution in [-0.2, 0) is 10.0 Å². The Balaban J connectivity index is 1.86. The van der Waals surface area contributed by atoms with Gasteiger partial charge in [0.1, 0.15) is 10.7 Å². The van der Waals surface area contributed by atoms with Crippen LogP contribution in [0.15, 0.2) is 64.4 Å². The molecule has 3 rings (SSSR count). The second-order valence-corrected chi connectivity index (χ2v) is 6.68. The van der Waals surface area contributed by atoms with E-state index in [2.05, 4.69) is 9.71 Å². The molecule has 23 heavy (non-hydrogen) atoms. The molecule has 0 aliphatic carbocycles. The van der Waals surface area contributed by atoms with Gasteiger partial charge in [0.2, 0.25) is 0 Å². The molecule has 0 fully saturated rings. The van der Waals surface area contributed by atoms with Crippen LogP contribution in [0.2, 0.25) is 5.02 Å². The topological polar surface area (TPSA) is 72.2 Å². The van der Waals surface area contributed by atoms with E-state index in [0.717, 1.165) is 23.8 Å². The van der Waals surface area contributed by atoms with Crippen molar-refractivity contribution in [2.24, 2.45) is 0 Å². The zero-order chi connectivity index (χ0) is 16.4. The van der Waals surface area contributed by atoms with Crippen molar-refractivity contribution in [3.05, 3.63) is 65.9 Å². The van der Waals surface area contributed by atoms with E-state index in [9.17, 15) is 12.8 Å². The summed E-state index contributed by atoms with van der Waals surface area (Å²) in [6.07, 6.45) is 2.86. The largest absolute Gasteiger partial charge is 0.444 e. The minimum absolute atomic E-state index is 0.184. The maximum Gasteiger partial charge on any atom is 0.263 e. The van der Waals surface area contributed by atoms with Gasteiger partial charge in [-0.2, -0.15) is 0 Å². The normalized spacial score (nSPS) is 11.4. The van der Waals surface area contributed by atoms with E-state index in [1.807, 2.05) is 0 Å². The lowest BCUT2D eigenvalue weighted by molar-refractivity contribution is 0.572. The van der Waals surface area contributed by atoms with Crippen LogP contribution in [0.1, 0.15) is 0 Å². The van der Waals surface area contributed by atoms with Crippen LogP contribution in [0.25, 0.3) is 11.3 Å². The van der Waals surface area contributed by atoms with Gasteiger partial charge in [-0.15, -0.1) is 0 Å². The summed E-state index contributed by atoms with van der Waals surface area (Å²) in [5.74, 6) is -0.0358. The molecule has 1 heterocycles. The van der Waals surface area contributed by atoms with Crippen molar-refractivity contribution in [1.82, 2.24) is 4.98 Å². The standard InChI is InChI=1S/C15H10ClFN2O3S/c16-13-7-11(17)3-6-15(13)23(20,21)19-12-4-1-10(2-5-12)14-8-18-9-22-14/h1-9,19H. The third kappa shape index (κ3) is 3.35. The molecule has 1 aromatic heterocycles. The predicted molar refractivity (Wildman–Crippen MR) is 84.2 cm³/mol. The molecule has 0 saturated heterocycles. The Hall–Kier alpha value is -2.38. The van der Waals surface area contributed by atoms with Gasteiger partial charge in [0.25, 0.3) is 10.0 Å². The third-order valence-electron chi connectivity index (χ3n) is 3.04. The van der Waals surface area contributed by atoms with Gasteiger partial charge in [0.05, 0.1) is 11.2 Å². The highest BCUT2D eigenvalue weighted by atomic mass is 35.5. The van der Waals surface area contributed by atoms with Crippen LogP contribution in [-0.4, -0.2) is 13.4 Å². The fraction of sp³-hybridized carbons (Fsp3) is 0. The molecular formula is C15H10ClFN2O3S. The van der Waals surface area contributed by atoms with Crippen LogP contribution in [0.4, 0.5) is 10.1 Å². The number of halogens is 2. The fourth-order valence-electron chi connectivity index (χ4n) is 1.96. The molecule has 0 saturated carbocycles. The number of hydrogen-bond acceptors (Lipinski definition) is 4. The van der Waals surface area contributed by atoms with E-state index in [-0.39, 0.29) is 9.92 Å². The van der Waals surface area contributed by atoms with Crippen molar-refractivity contribution < 1.29 is 17.2 Å². The predicted octanol–water partition coefficient (Wildman–Crippen LogP) is 3.93. The summed E-state index contributed by atoms with van der Waals surface area (Å²) in [6, 6.07) is 9.62. The summed E-state index contributed by atoms with van der Waals surface area (Å²) in [4.78, 5) is 3.62. The van der Waals surface area contributed by atoms with E-state index in [1.165, 1.54) is 6.39 Å². The number of nitrogens with one attached hydrogen (secondary N) is 1. The minimum Gasteiger partial charge on any atom is -0.444 e. The van der Waals surface area contributed by atoms with Crippen molar-refractivity contribution in [3.8, 4) is 11.3 Å². The van der Waals surface area contributed by atoms with Crippen molar-refractivity contribution in [2.75, 3.05) is 4.72 Å². The van der Waals surface area contributed by atoms with Gasteiger partial charge in [0, 0.05) is 11.3 Å². The van der Waals surface area contributed by atoms with Gasteiger partial charge in [0.15, 0.2) is 12.2 Å². The van der Waals surface area contributed by atoms with Crippen LogP contribution in [0.5, 0.6) is 0 Å². The van der Waals surface area contributed by atoms with Crippen molar-refractivity contribution in [1.29, 1.82) is 0 Å². The first kappa shape index (κ1) is 15.5. The summed E-state index contributed by atoms with van der Waals surface area (Å²) in [5.41, 5.74) is 1.10. The second kappa shape index (κ2) is 6.02. The molecule has 0 amide bonds. The quantitative estimate of drug-likeness (QED) is 0.772. The first-order valence-corrected chi connectivity index (χ1v) is 8.28. The molecule has 0 aliphatic rings. The smallest absolute Gasteiger partial charge is 0.263 e. The number of rotatable bonds is 4. The molecule has 2 aromatic carbocycles. The number of oxazole rings is 1. The lowest BCUT2D eigenvalue weighted by Gasteiger charge is -2.10. The average Bonchev–Trinajstić information content (AvgIpc) is 3.01. The first-order valence-electron chi connectivity index (χ1n) is 6.42. The van der Waals surface area contributed by atoms with Crippen LogP contribution >= 0.6 is 11.6 Å². The highest BCUT2D eigenvalue weighted by Gasteiger charge is 2.18. The molecule has 8 heteroatoms. The molecule has 1 N–H and O–H groups in total. The zero-order valence-electron chi connectivity index (χ0n) is 11.5. The van der Waals surface area contributed by atoms with Gasteiger partial charge in [-0.25, -0.2) is 17.8 Å². The van der Waals surface area contributed by atoms with Gasteiger partial charge in [-0.3, -0.25) is 4.72 Å². The number of nitrogens with zero attached hydrogens (tertiary/aromatic N) is 1.